The summed E-state index contributed by atoms with van der Waals surface area (Å²) >= 11 is 6.07. The zero-order valence-corrected chi connectivity index (χ0v) is 18.4. The lowest BCUT2D eigenvalue weighted by atomic mass is 9.96. The molecule has 2 amide bonds. The van der Waals surface area contributed by atoms with Crippen LogP contribution in [0.3, 0.4) is 0 Å². The molecule has 0 aliphatic carbocycles. The summed E-state index contributed by atoms with van der Waals surface area (Å²) in [6.45, 7) is 3.08. The van der Waals surface area contributed by atoms with Gasteiger partial charge in [-0.15, -0.1) is 0 Å². The number of nitrogens with zero attached hydrogens (tertiary/aromatic N) is 4. The number of morpholine rings is 2. The summed E-state index contributed by atoms with van der Waals surface area (Å²) in [5, 5.41) is 0.548. The molecule has 170 valence electrons. The Balaban J connectivity index is 1.52. The molecular weight excluding hydrogens is 436 g/mol. The van der Waals surface area contributed by atoms with Crippen LogP contribution in [0.15, 0.2) is 43.0 Å². The Morgan fingerprint density at radius 1 is 1.09 bits per heavy atom. The maximum atomic E-state index is 13.1. The van der Waals surface area contributed by atoms with E-state index < -0.39 is 5.60 Å². The Morgan fingerprint density at radius 3 is 2.59 bits per heavy atom. The first-order valence-electron chi connectivity index (χ1n) is 10.5. The summed E-state index contributed by atoms with van der Waals surface area (Å²) in [4.78, 5) is 37.4. The summed E-state index contributed by atoms with van der Waals surface area (Å²) in [6, 6.07) is 7.03. The van der Waals surface area contributed by atoms with Crippen molar-refractivity contribution in [3.05, 3.63) is 53.6 Å². The molecule has 2 fully saturated rings. The Morgan fingerprint density at radius 2 is 1.84 bits per heavy atom. The molecule has 3 heterocycles. The molecule has 0 bridgehead atoms. The van der Waals surface area contributed by atoms with E-state index in [2.05, 4.69) is 9.97 Å². The SMILES string of the molecule is O=C(C[C@@]1(COc2cccc(Cl)c2)CN(C(=O)c2cncnc2)CCO1)N1CCOCC1. The number of ether oxygens (including phenoxy) is 3. The van der Waals surface area contributed by atoms with E-state index in [4.69, 9.17) is 25.8 Å². The highest BCUT2D eigenvalue weighted by Gasteiger charge is 2.42. The van der Waals surface area contributed by atoms with Crippen molar-refractivity contribution in [3.63, 3.8) is 0 Å². The second-order valence-corrected chi connectivity index (χ2v) is 8.24. The number of benzene rings is 1. The average molecular weight is 461 g/mol. The number of carbonyl (C=O) groups is 2. The van der Waals surface area contributed by atoms with E-state index in [1.807, 2.05) is 0 Å². The Hall–Kier alpha value is -2.75. The van der Waals surface area contributed by atoms with Crippen LogP contribution >= 0.6 is 11.6 Å². The molecular formula is C22H25ClN4O5. The van der Waals surface area contributed by atoms with Crippen molar-refractivity contribution in [2.24, 2.45) is 0 Å². The van der Waals surface area contributed by atoms with Gasteiger partial charge in [-0.3, -0.25) is 9.59 Å². The van der Waals surface area contributed by atoms with E-state index in [9.17, 15) is 9.59 Å². The lowest BCUT2D eigenvalue weighted by Gasteiger charge is -2.43. The van der Waals surface area contributed by atoms with Gasteiger partial charge >= 0.3 is 0 Å². The lowest BCUT2D eigenvalue weighted by molar-refractivity contribution is -0.155. The number of rotatable bonds is 6. The maximum Gasteiger partial charge on any atom is 0.257 e. The van der Waals surface area contributed by atoms with Crippen LogP contribution < -0.4 is 4.74 Å². The average Bonchev–Trinajstić information content (AvgIpc) is 2.84. The molecule has 2 aliphatic heterocycles. The molecule has 0 spiro atoms. The first-order valence-corrected chi connectivity index (χ1v) is 10.8. The van der Waals surface area contributed by atoms with Crippen LogP contribution in [-0.4, -0.2) is 89.8 Å². The number of carbonyl (C=O) groups excluding carboxylic acids is 2. The number of amides is 2. The summed E-state index contributed by atoms with van der Waals surface area (Å²) in [6.07, 6.45) is 4.42. The van der Waals surface area contributed by atoms with Gasteiger partial charge < -0.3 is 24.0 Å². The molecule has 32 heavy (non-hydrogen) atoms. The van der Waals surface area contributed by atoms with Crippen molar-refractivity contribution < 1.29 is 23.8 Å². The van der Waals surface area contributed by atoms with Crippen molar-refractivity contribution in [1.82, 2.24) is 19.8 Å². The van der Waals surface area contributed by atoms with E-state index in [-0.39, 0.29) is 38.0 Å². The fourth-order valence-corrected chi connectivity index (χ4v) is 4.01. The van der Waals surface area contributed by atoms with Gasteiger partial charge in [0.05, 0.1) is 38.3 Å². The number of halogens is 1. The minimum absolute atomic E-state index is 0.0552. The number of aromatic nitrogens is 2. The van der Waals surface area contributed by atoms with E-state index in [0.29, 0.717) is 49.2 Å². The van der Waals surface area contributed by atoms with Gasteiger partial charge in [0.15, 0.2) is 0 Å². The van der Waals surface area contributed by atoms with E-state index in [0.717, 1.165) is 0 Å². The van der Waals surface area contributed by atoms with Crippen LogP contribution in [0.4, 0.5) is 0 Å². The standard InChI is InChI=1S/C22H25ClN4O5/c23-18-2-1-3-19(10-18)31-15-22(11-20(28)26-4-7-30-8-5-26)14-27(6-9-32-22)21(29)17-12-24-16-25-13-17/h1-3,10,12-13,16H,4-9,11,14-15H2/t22-/m0/s1. The van der Waals surface area contributed by atoms with Crippen molar-refractivity contribution in [2.75, 3.05) is 52.6 Å². The van der Waals surface area contributed by atoms with Crippen LogP contribution in [-0.2, 0) is 14.3 Å². The molecule has 0 N–H and O–H groups in total. The van der Waals surface area contributed by atoms with Crippen molar-refractivity contribution in [2.45, 2.75) is 12.0 Å². The molecule has 10 heteroatoms. The van der Waals surface area contributed by atoms with E-state index in [1.54, 1.807) is 34.1 Å². The van der Waals surface area contributed by atoms with Gasteiger partial charge in [0.2, 0.25) is 5.91 Å². The highest BCUT2D eigenvalue weighted by molar-refractivity contribution is 6.30. The van der Waals surface area contributed by atoms with Crippen LogP contribution in [0.25, 0.3) is 0 Å². The third-order valence-electron chi connectivity index (χ3n) is 5.48. The van der Waals surface area contributed by atoms with Gasteiger partial charge in [0.1, 0.15) is 24.3 Å². The Kier molecular flexibility index (Phi) is 7.19. The van der Waals surface area contributed by atoms with Crippen LogP contribution in [0, 0.1) is 0 Å². The summed E-state index contributed by atoms with van der Waals surface area (Å²) < 4.78 is 17.5. The molecule has 0 unspecified atom stereocenters. The molecule has 1 aromatic heterocycles. The lowest BCUT2D eigenvalue weighted by Crippen LogP contribution is -2.58. The third-order valence-corrected chi connectivity index (χ3v) is 5.71. The first-order chi connectivity index (χ1) is 15.5. The molecule has 2 aliphatic rings. The summed E-state index contributed by atoms with van der Waals surface area (Å²) in [5.41, 5.74) is -0.611. The second kappa shape index (κ2) is 10.2. The molecule has 1 aromatic carbocycles. The topological polar surface area (TPSA) is 94.1 Å². The van der Waals surface area contributed by atoms with Crippen LogP contribution in [0.1, 0.15) is 16.8 Å². The van der Waals surface area contributed by atoms with Crippen molar-refractivity contribution in [1.29, 1.82) is 0 Å². The molecule has 0 radical (unpaired) electrons. The first kappa shape index (κ1) is 22.4. The molecule has 0 saturated carbocycles. The summed E-state index contributed by atoms with van der Waals surface area (Å²) in [5.74, 6) is 0.305. The van der Waals surface area contributed by atoms with Crippen LogP contribution in [0.5, 0.6) is 5.75 Å². The smallest absolute Gasteiger partial charge is 0.257 e. The quantitative estimate of drug-likeness (QED) is 0.647. The normalized spacial score (nSPS) is 21.3. The largest absolute Gasteiger partial charge is 0.490 e. The van der Waals surface area contributed by atoms with Crippen molar-refractivity contribution in [3.8, 4) is 5.75 Å². The van der Waals surface area contributed by atoms with Gasteiger partial charge in [-0.1, -0.05) is 17.7 Å². The predicted molar refractivity (Wildman–Crippen MR) is 116 cm³/mol. The zero-order valence-electron chi connectivity index (χ0n) is 17.6. The van der Waals surface area contributed by atoms with Gasteiger partial charge in [0, 0.05) is 37.1 Å². The van der Waals surface area contributed by atoms with Crippen molar-refractivity contribution >= 4 is 23.4 Å². The van der Waals surface area contributed by atoms with E-state index >= 15 is 0 Å². The summed E-state index contributed by atoms with van der Waals surface area (Å²) in [7, 11) is 0. The molecule has 2 saturated heterocycles. The second-order valence-electron chi connectivity index (χ2n) is 7.80. The Bertz CT molecular complexity index is 941. The minimum Gasteiger partial charge on any atom is -0.490 e. The Labute approximate surface area is 191 Å². The monoisotopic (exact) mass is 460 g/mol. The predicted octanol–water partition coefficient (Wildman–Crippen LogP) is 1.67. The van der Waals surface area contributed by atoms with Gasteiger partial charge in [-0.05, 0) is 18.2 Å². The fraction of sp³-hybridized carbons (Fsp3) is 0.455. The molecule has 9 nitrogen and oxygen atoms in total. The molecule has 1 atom stereocenters. The van der Waals surface area contributed by atoms with Gasteiger partial charge in [-0.25, -0.2) is 9.97 Å². The van der Waals surface area contributed by atoms with Crippen LogP contribution in [0.2, 0.25) is 5.02 Å². The minimum atomic E-state index is -0.999. The highest BCUT2D eigenvalue weighted by Crippen LogP contribution is 2.27. The third kappa shape index (κ3) is 5.53. The number of hydrogen-bond acceptors (Lipinski definition) is 7. The molecule has 4 rings (SSSR count). The maximum absolute atomic E-state index is 13.1. The van der Waals surface area contributed by atoms with Gasteiger partial charge in [-0.2, -0.15) is 0 Å². The number of hydrogen-bond donors (Lipinski definition) is 0. The fourth-order valence-electron chi connectivity index (χ4n) is 3.83. The molecule has 2 aromatic rings. The zero-order chi connectivity index (χ0) is 22.4. The highest BCUT2D eigenvalue weighted by atomic mass is 35.5. The van der Waals surface area contributed by atoms with Gasteiger partial charge in [0.25, 0.3) is 5.91 Å². The van der Waals surface area contributed by atoms with E-state index in [1.165, 1.54) is 18.7 Å².